The van der Waals surface area contributed by atoms with Crippen LogP contribution in [0.2, 0.25) is 0 Å². The summed E-state index contributed by atoms with van der Waals surface area (Å²) in [4.78, 5) is 25.4. The first-order valence-corrected chi connectivity index (χ1v) is 8.02. The number of aliphatic carboxylic acids is 1. The number of hydrogen-bond acceptors (Lipinski definition) is 4. The molecular formula is C17H21N3O3. The molecule has 1 aromatic rings. The topological polar surface area (TPSA) is 73.2 Å². The van der Waals surface area contributed by atoms with Crippen LogP contribution in [0.3, 0.4) is 0 Å². The Morgan fingerprint density at radius 3 is 2.52 bits per heavy atom. The molecule has 1 atom stereocenters. The van der Waals surface area contributed by atoms with E-state index in [-0.39, 0.29) is 5.91 Å². The number of rotatable bonds is 3. The fraction of sp³-hybridized carbons (Fsp3) is 0.471. The molecule has 1 aromatic carbocycles. The van der Waals surface area contributed by atoms with Crippen LogP contribution in [0.4, 0.5) is 5.69 Å². The summed E-state index contributed by atoms with van der Waals surface area (Å²) in [6.45, 7) is 3.36. The summed E-state index contributed by atoms with van der Waals surface area (Å²) in [5, 5.41) is 15.7. The normalized spacial score (nSPS) is 21.3. The van der Waals surface area contributed by atoms with Crippen molar-refractivity contribution in [2.24, 2.45) is 5.10 Å². The van der Waals surface area contributed by atoms with E-state index in [2.05, 4.69) is 5.10 Å². The SMILES string of the molecule is CC1=NN(c2ccc(C(=O)N3CCCCC3C(=O)O)cc2)CC1. The number of carbonyl (C=O) groups excluding carboxylic acids is 1. The third-order valence-electron chi connectivity index (χ3n) is 4.44. The fourth-order valence-corrected chi connectivity index (χ4v) is 3.13. The van der Waals surface area contributed by atoms with Crippen molar-refractivity contribution in [2.45, 2.75) is 38.6 Å². The van der Waals surface area contributed by atoms with Gasteiger partial charge in [-0.15, -0.1) is 0 Å². The van der Waals surface area contributed by atoms with E-state index in [1.54, 1.807) is 12.1 Å². The van der Waals surface area contributed by atoms with E-state index in [9.17, 15) is 14.7 Å². The zero-order valence-corrected chi connectivity index (χ0v) is 13.2. The molecule has 23 heavy (non-hydrogen) atoms. The van der Waals surface area contributed by atoms with Crippen molar-refractivity contribution in [3.8, 4) is 0 Å². The number of hydrazone groups is 1. The van der Waals surface area contributed by atoms with Crippen molar-refractivity contribution in [3.05, 3.63) is 29.8 Å². The molecule has 1 fully saturated rings. The van der Waals surface area contributed by atoms with Gasteiger partial charge in [0.1, 0.15) is 6.04 Å². The minimum absolute atomic E-state index is 0.204. The number of amides is 1. The van der Waals surface area contributed by atoms with Crippen LogP contribution in [0.25, 0.3) is 0 Å². The van der Waals surface area contributed by atoms with Gasteiger partial charge in [-0.05, 0) is 50.5 Å². The Balaban J connectivity index is 1.76. The van der Waals surface area contributed by atoms with E-state index in [4.69, 9.17) is 0 Å². The molecule has 0 saturated carbocycles. The Morgan fingerprint density at radius 1 is 1.17 bits per heavy atom. The number of likely N-dealkylation sites (tertiary alicyclic amines) is 1. The highest BCUT2D eigenvalue weighted by molar-refractivity contribution is 5.97. The number of carbonyl (C=O) groups is 2. The van der Waals surface area contributed by atoms with Crippen molar-refractivity contribution in [3.63, 3.8) is 0 Å². The number of piperidine rings is 1. The van der Waals surface area contributed by atoms with Gasteiger partial charge >= 0.3 is 5.97 Å². The van der Waals surface area contributed by atoms with Crippen LogP contribution < -0.4 is 5.01 Å². The highest BCUT2D eigenvalue weighted by Crippen LogP contribution is 2.23. The van der Waals surface area contributed by atoms with E-state index in [1.807, 2.05) is 24.1 Å². The van der Waals surface area contributed by atoms with E-state index >= 15 is 0 Å². The molecule has 6 nitrogen and oxygen atoms in total. The summed E-state index contributed by atoms with van der Waals surface area (Å²) in [7, 11) is 0. The van der Waals surface area contributed by atoms with Crippen molar-refractivity contribution < 1.29 is 14.7 Å². The van der Waals surface area contributed by atoms with Gasteiger partial charge in [-0.25, -0.2) is 4.79 Å². The van der Waals surface area contributed by atoms with E-state index in [0.717, 1.165) is 37.2 Å². The van der Waals surface area contributed by atoms with Crippen LogP contribution in [0.1, 0.15) is 43.0 Å². The number of benzene rings is 1. The maximum absolute atomic E-state index is 12.6. The minimum atomic E-state index is -0.920. The lowest BCUT2D eigenvalue weighted by Gasteiger charge is -2.33. The standard InChI is InChI=1S/C17H21N3O3/c1-12-9-11-20(18-12)14-7-5-13(6-8-14)16(21)19-10-3-2-4-15(19)17(22)23/h5-8,15H,2-4,9-11H2,1H3,(H,22,23). The second-order valence-corrected chi connectivity index (χ2v) is 6.10. The Hall–Kier alpha value is -2.37. The Kier molecular flexibility index (Phi) is 4.32. The summed E-state index contributed by atoms with van der Waals surface area (Å²) < 4.78 is 0. The molecule has 6 heteroatoms. The van der Waals surface area contributed by atoms with Crippen LogP contribution >= 0.6 is 0 Å². The maximum atomic E-state index is 12.6. The summed E-state index contributed by atoms with van der Waals surface area (Å²) in [5.41, 5.74) is 2.58. The Morgan fingerprint density at radius 2 is 1.91 bits per heavy atom. The molecular weight excluding hydrogens is 294 g/mol. The second-order valence-electron chi connectivity index (χ2n) is 6.10. The molecule has 3 rings (SSSR count). The summed E-state index contributed by atoms with van der Waals surface area (Å²) in [5.74, 6) is -1.12. The zero-order chi connectivity index (χ0) is 16.4. The molecule has 2 heterocycles. The van der Waals surface area contributed by atoms with E-state index < -0.39 is 12.0 Å². The maximum Gasteiger partial charge on any atom is 0.326 e. The highest BCUT2D eigenvalue weighted by Gasteiger charge is 2.32. The Bertz CT molecular complexity index is 639. The van der Waals surface area contributed by atoms with Crippen LogP contribution in [-0.2, 0) is 4.79 Å². The van der Waals surface area contributed by atoms with Crippen molar-refractivity contribution >= 4 is 23.3 Å². The number of carboxylic acid groups (broad SMARTS) is 1. The number of carboxylic acids is 1. The van der Waals surface area contributed by atoms with Crippen LogP contribution in [-0.4, -0.2) is 46.7 Å². The lowest BCUT2D eigenvalue weighted by molar-refractivity contribution is -0.143. The summed E-state index contributed by atoms with van der Waals surface area (Å²) in [6, 6.07) is 6.55. The monoisotopic (exact) mass is 315 g/mol. The lowest BCUT2D eigenvalue weighted by Crippen LogP contribution is -2.47. The smallest absolute Gasteiger partial charge is 0.326 e. The molecule has 1 amide bonds. The van der Waals surface area contributed by atoms with Crippen LogP contribution in [0.5, 0.6) is 0 Å². The van der Waals surface area contributed by atoms with Gasteiger partial charge in [0.15, 0.2) is 0 Å². The summed E-state index contributed by atoms with van der Waals surface area (Å²) in [6.07, 6.45) is 3.19. The van der Waals surface area contributed by atoms with Gasteiger partial charge in [-0.1, -0.05) is 0 Å². The summed E-state index contributed by atoms with van der Waals surface area (Å²) >= 11 is 0. The van der Waals surface area contributed by atoms with Gasteiger partial charge < -0.3 is 10.0 Å². The van der Waals surface area contributed by atoms with Crippen molar-refractivity contribution in [2.75, 3.05) is 18.1 Å². The first kappa shape index (κ1) is 15.5. The third-order valence-corrected chi connectivity index (χ3v) is 4.44. The minimum Gasteiger partial charge on any atom is -0.480 e. The average Bonchev–Trinajstić information content (AvgIpc) is 3.01. The van der Waals surface area contributed by atoms with Gasteiger partial charge in [-0.2, -0.15) is 5.10 Å². The third kappa shape index (κ3) is 3.21. The van der Waals surface area contributed by atoms with Gasteiger partial charge in [0.2, 0.25) is 0 Å². The first-order chi connectivity index (χ1) is 11.1. The predicted molar refractivity (Wildman–Crippen MR) is 87.8 cm³/mol. The van der Waals surface area contributed by atoms with Crippen molar-refractivity contribution in [1.29, 1.82) is 0 Å². The second kappa shape index (κ2) is 6.40. The largest absolute Gasteiger partial charge is 0.480 e. The van der Waals surface area contributed by atoms with Gasteiger partial charge in [-0.3, -0.25) is 9.80 Å². The van der Waals surface area contributed by atoms with E-state index in [1.165, 1.54) is 4.90 Å². The van der Waals surface area contributed by atoms with Gasteiger partial charge in [0.25, 0.3) is 5.91 Å². The van der Waals surface area contributed by atoms with Crippen molar-refractivity contribution in [1.82, 2.24) is 4.90 Å². The first-order valence-electron chi connectivity index (χ1n) is 8.02. The molecule has 0 bridgehead atoms. The Labute approximate surface area is 135 Å². The van der Waals surface area contributed by atoms with Crippen LogP contribution in [0, 0.1) is 0 Å². The molecule has 0 aromatic heterocycles. The average molecular weight is 315 g/mol. The molecule has 1 N–H and O–H groups in total. The number of hydrogen-bond donors (Lipinski definition) is 1. The molecule has 1 unspecified atom stereocenters. The van der Waals surface area contributed by atoms with Gasteiger partial charge in [0.05, 0.1) is 5.69 Å². The molecule has 2 aliphatic rings. The predicted octanol–water partition coefficient (Wildman–Crippen LogP) is 2.35. The lowest BCUT2D eigenvalue weighted by atomic mass is 10.0. The number of anilines is 1. The number of nitrogens with zero attached hydrogens (tertiary/aromatic N) is 3. The molecule has 0 spiro atoms. The fourth-order valence-electron chi connectivity index (χ4n) is 3.13. The van der Waals surface area contributed by atoms with Gasteiger partial charge in [0, 0.05) is 30.8 Å². The van der Waals surface area contributed by atoms with Crippen LogP contribution in [0.15, 0.2) is 29.4 Å². The molecule has 1 saturated heterocycles. The quantitative estimate of drug-likeness (QED) is 0.929. The van der Waals surface area contributed by atoms with E-state index in [0.29, 0.717) is 18.5 Å². The highest BCUT2D eigenvalue weighted by atomic mass is 16.4. The molecule has 0 aliphatic carbocycles. The molecule has 0 radical (unpaired) electrons. The molecule has 2 aliphatic heterocycles. The zero-order valence-electron chi connectivity index (χ0n) is 13.2. The molecule has 122 valence electrons.